The Balaban J connectivity index is 2.64. The van der Waals surface area contributed by atoms with E-state index in [0.717, 1.165) is 0 Å². The summed E-state index contributed by atoms with van der Waals surface area (Å²) in [5.41, 5.74) is 0.206. The zero-order valence-electron chi connectivity index (χ0n) is 9.51. The van der Waals surface area contributed by atoms with Gasteiger partial charge < -0.3 is 9.84 Å². The van der Waals surface area contributed by atoms with E-state index in [1.165, 1.54) is 12.1 Å². The van der Waals surface area contributed by atoms with E-state index in [0.29, 0.717) is 0 Å². The highest BCUT2D eigenvalue weighted by Crippen LogP contribution is 2.52. The molecule has 0 aliphatic carbocycles. The van der Waals surface area contributed by atoms with Crippen LogP contribution in [0.25, 0.3) is 0 Å². The normalized spacial score (nSPS) is 22.1. The van der Waals surface area contributed by atoms with Crippen LogP contribution in [0.4, 0.5) is 8.78 Å². The van der Waals surface area contributed by atoms with Crippen LogP contribution in [0, 0.1) is 5.92 Å². The predicted molar refractivity (Wildman–Crippen MR) is 61.1 cm³/mol. The SMILES string of the molecule is CC(C)C1c2c(Cl)ccc(O)c2OCC1(F)F. The summed E-state index contributed by atoms with van der Waals surface area (Å²) < 4.78 is 32.6. The second-order valence-corrected chi connectivity index (χ2v) is 4.99. The number of hydrogen-bond donors (Lipinski definition) is 1. The molecule has 0 bridgehead atoms. The fourth-order valence-corrected chi connectivity index (χ4v) is 2.56. The third kappa shape index (κ3) is 1.95. The van der Waals surface area contributed by atoms with Crippen LogP contribution in [-0.4, -0.2) is 17.6 Å². The predicted octanol–water partition coefficient (Wildman–Crippen LogP) is 3.81. The average Bonchev–Trinajstić information content (AvgIpc) is 2.21. The third-order valence-electron chi connectivity index (χ3n) is 2.96. The molecule has 17 heavy (non-hydrogen) atoms. The number of hydrogen-bond acceptors (Lipinski definition) is 2. The first-order valence-electron chi connectivity index (χ1n) is 5.36. The smallest absolute Gasteiger partial charge is 0.288 e. The minimum absolute atomic E-state index is 0.0853. The Kier molecular flexibility index (Phi) is 2.94. The number of alkyl halides is 2. The molecule has 0 saturated heterocycles. The standard InChI is InChI=1S/C12H13ClF2O2/c1-6(2)10-9-7(13)3-4-8(16)11(9)17-5-12(10,14)15/h3-4,6,10,16H,5H2,1-2H3. The van der Waals surface area contributed by atoms with Crippen LogP contribution in [-0.2, 0) is 0 Å². The summed E-state index contributed by atoms with van der Waals surface area (Å²) in [4.78, 5) is 0. The molecular weight excluding hydrogens is 250 g/mol. The van der Waals surface area contributed by atoms with E-state index < -0.39 is 18.4 Å². The van der Waals surface area contributed by atoms with E-state index in [1.54, 1.807) is 13.8 Å². The highest BCUT2D eigenvalue weighted by atomic mass is 35.5. The minimum atomic E-state index is -2.97. The van der Waals surface area contributed by atoms with Gasteiger partial charge in [-0.05, 0) is 18.1 Å². The number of benzene rings is 1. The van der Waals surface area contributed by atoms with Crippen LogP contribution in [0.5, 0.6) is 11.5 Å². The van der Waals surface area contributed by atoms with Crippen LogP contribution >= 0.6 is 11.6 Å². The van der Waals surface area contributed by atoms with Crippen molar-refractivity contribution in [2.45, 2.75) is 25.7 Å². The fourth-order valence-electron chi connectivity index (χ4n) is 2.30. The monoisotopic (exact) mass is 262 g/mol. The molecule has 1 atom stereocenters. The fraction of sp³-hybridized carbons (Fsp3) is 0.500. The largest absolute Gasteiger partial charge is 0.504 e. The van der Waals surface area contributed by atoms with Crippen molar-refractivity contribution in [3.63, 3.8) is 0 Å². The Bertz CT molecular complexity index is 446. The van der Waals surface area contributed by atoms with Crippen molar-refractivity contribution in [1.82, 2.24) is 0 Å². The van der Waals surface area contributed by atoms with Gasteiger partial charge in [-0.15, -0.1) is 0 Å². The van der Waals surface area contributed by atoms with Crippen LogP contribution in [0.1, 0.15) is 25.3 Å². The molecule has 1 heterocycles. The summed E-state index contributed by atoms with van der Waals surface area (Å²) in [5.74, 6) is -4.37. The second-order valence-electron chi connectivity index (χ2n) is 4.58. The molecule has 2 nitrogen and oxygen atoms in total. The third-order valence-corrected chi connectivity index (χ3v) is 3.29. The quantitative estimate of drug-likeness (QED) is 0.834. The van der Waals surface area contributed by atoms with E-state index in [1.807, 2.05) is 0 Å². The molecule has 2 rings (SSSR count). The van der Waals surface area contributed by atoms with Gasteiger partial charge in [-0.2, -0.15) is 0 Å². The van der Waals surface area contributed by atoms with Crippen molar-refractivity contribution in [2.75, 3.05) is 6.61 Å². The zero-order chi connectivity index (χ0) is 12.8. The minimum Gasteiger partial charge on any atom is -0.504 e. The maximum atomic E-state index is 13.8. The van der Waals surface area contributed by atoms with Crippen LogP contribution in [0.3, 0.4) is 0 Å². The van der Waals surface area contributed by atoms with Crippen LogP contribution < -0.4 is 4.74 Å². The van der Waals surface area contributed by atoms with Gasteiger partial charge in [-0.1, -0.05) is 25.4 Å². The molecule has 1 aromatic carbocycles. The number of halogens is 3. The number of phenols is 1. The number of ether oxygens (including phenoxy) is 1. The van der Waals surface area contributed by atoms with E-state index in [4.69, 9.17) is 16.3 Å². The first kappa shape index (κ1) is 12.4. The summed E-state index contributed by atoms with van der Waals surface area (Å²) in [5, 5.41) is 9.83. The molecule has 94 valence electrons. The number of fused-ring (bicyclic) bond motifs is 1. The lowest BCUT2D eigenvalue weighted by atomic mass is 9.81. The van der Waals surface area contributed by atoms with Crippen molar-refractivity contribution in [3.05, 3.63) is 22.7 Å². The van der Waals surface area contributed by atoms with Crippen molar-refractivity contribution in [1.29, 1.82) is 0 Å². The van der Waals surface area contributed by atoms with Crippen molar-refractivity contribution < 1.29 is 18.6 Å². The van der Waals surface area contributed by atoms with Gasteiger partial charge in [0.15, 0.2) is 18.1 Å². The molecule has 5 heteroatoms. The van der Waals surface area contributed by atoms with Gasteiger partial charge in [0, 0.05) is 10.6 Å². The average molecular weight is 263 g/mol. The van der Waals surface area contributed by atoms with Crippen LogP contribution in [0.15, 0.2) is 12.1 Å². The second kappa shape index (κ2) is 4.02. The molecule has 0 spiro atoms. The lowest BCUT2D eigenvalue weighted by Crippen LogP contribution is -2.40. The lowest BCUT2D eigenvalue weighted by molar-refractivity contribution is -0.0886. The van der Waals surface area contributed by atoms with E-state index >= 15 is 0 Å². The molecular formula is C12H13ClF2O2. The van der Waals surface area contributed by atoms with Gasteiger partial charge in [-0.3, -0.25) is 0 Å². The molecule has 1 aromatic rings. The summed E-state index contributed by atoms with van der Waals surface area (Å²) in [7, 11) is 0. The Morgan fingerprint density at radius 1 is 1.47 bits per heavy atom. The molecule has 0 aromatic heterocycles. The van der Waals surface area contributed by atoms with E-state index in [-0.39, 0.29) is 28.0 Å². The maximum absolute atomic E-state index is 13.8. The topological polar surface area (TPSA) is 29.5 Å². The molecule has 0 amide bonds. The van der Waals surface area contributed by atoms with Crippen molar-refractivity contribution in [3.8, 4) is 11.5 Å². The van der Waals surface area contributed by atoms with Gasteiger partial charge in [0.25, 0.3) is 5.92 Å². The summed E-state index contributed by atoms with van der Waals surface area (Å²) in [6, 6.07) is 2.76. The first-order chi connectivity index (χ1) is 7.84. The van der Waals surface area contributed by atoms with Crippen molar-refractivity contribution in [2.24, 2.45) is 5.92 Å². The molecule has 0 radical (unpaired) electrons. The molecule has 1 unspecified atom stereocenters. The summed E-state index contributed by atoms with van der Waals surface area (Å²) >= 11 is 5.96. The Hall–Kier alpha value is -1.03. The lowest BCUT2D eigenvalue weighted by Gasteiger charge is -2.36. The van der Waals surface area contributed by atoms with Gasteiger partial charge in [-0.25, -0.2) is 8.78 Å². The number of aromatic hydroxyl groups is 1. The zero-order valence-corrected chi connectivity index (χ0v) is 10.3. The van der Waals surface area contributed by atoms with Crippen molar-refractivity contribution >= 4 is 11.6 Å². The Labute approximate surface area is 103 Å². The molecule has 0 saturated carbocycles. The Morgan fingerprint density at radius 3 is 2.71 bits per heavy atom. The number of rotatable bonds is 1. The highest BCUT2D eigenvalue weighted by molar-refractivity contribution is 6.31. The summed E-state index contributed by atoms with van der Waals surface area (Å²) in [6.45, 7) is 2.68. The van der Waals surface area contributed by atoms with E-state index in [2.05, 4.69) is 0 Å². The Morgan fingerprint density at radius 2 is 2.12 bits per heavy atom. The molecule has 1 N–H and O–H groups in total. The highest BCUT2D eigenvalue weighted by Gasteiger charge is 2.49. The molecule has 1 aliphatic heterocycles. The maximum Gasteiger partial charge on any atom is 0.288 e. The molecule has 1 aliphatic rings. The van der Waals surface area contributed by atoms with Gasteiger partial charge >= 0.3 is 0 Å². The summed E-state index contributed by atoms with van der Waals surface area (Å²) in [6.07, 6.45) is 0. The van der Waals surface area contributed by atoms with Gasteiger partial charge in [0.2, 0.25) is 0 Å². The number of phenolic OH excluding ortho intramolecular Hbond substituents is 1. The molecule has 0 fully saturated rings. The van der Waals surface area contributed by atoms with Gasteiger partial charge in [0.1, 0.15) is 0 Å². The van der Waals surface area contributed by atoms with Gasteiger partial charge in [0.05, 0.1) is 5.92 Å². The first-order valence-corrected chi connectivity index (χ1v) is 5.74. The van der Waals surface area contributed by atoms with E-state index in [9.17, 15) is 13.9 Å². The van der Waals surface area contributed by atoms with Crippen LogP contribution in [0.2, 0.25) is 5.02 Å².